The lowest BCUT2D eigenvalue weighted by atomic mass is 10.1. The molecule has 1 heterocycles. The highest BCUT2D eigenvalue weighted by atomic mass is 19.1. The Morgan fingerprint density at radius 2 is 1.76 bits per heavy atom. The second-order valence-electron chi connectivity index (χ2n) is 6.32. The maximum Gasteiger partial charge on any atom is 0.315 e. The molecule has 0 saturated heterocycles. The van der Waals surface area contributed by atoms with Crippen LogP contribution in [0, 0.1) is 5.82 Å². The summed E-state index contributed by atoms with van der Waals surface area (Å²) in [5.41, 5.74) is 0.741. The molecular formula is C20H25FN4O4. The Morgan fingerprint density at radius 1 is 1.03 bits per heavy atom. The van der Waals surface area contributed by atoms with Crippen molar-refractivity contribution in [3.05, 3.63) is 59.8 Å². The molecule has 0 radical (unpaired) electrons. The van der Waals surface area contributed by atoms with Crippen molar-refractivity contribution < 1.29 is 23.2 Å². The van der Waals surface area contributed by atoms with E-state index in [1.165, 1.54) is 18.4 Å². The van der Waals surface area contributed by atoms with Gasteiger partial charge in [0, 0.05) is 19.6 Å². The maximum absolute atomic E-state index is 12.9. The zero-order chi connectivity index (χ0) is 21.1. The van der Waals surface area contributed by atoms with E-state index in [0.717, 1.165) is 5.56 Å². The van der Waals surface area contributed by atoms with Gasteiger partial charge in [-0.3, -0.25) is 9.59 Å². The van der Waals surface area contributed by atoms with Crippen molar-refractivity contribution in [2.24, 2.45) is 0 Å². The van der Waals surface area contributed by atoms with E-state index in [4.69, 9.17) is 4.42 Å². The molecule has 2 aromatic rings. The lowest BCUT2D eigenvalue weighted by Gasteiger charge is -2.18. The first-order valence-corrected chi connectivity index (χ1v) is 9.37. The number of carbonyl (C=O) groups excluding carboxylic acids is 3. The smallest absolute Gasteiger partial charge is 0.315 e. The molecule has 9 heteroatoms. The van der Waals surface area contributed by atoms with Crippen LogP contribution in [0.2, 0.25) is 0 Å². The Bertz CT molecular complexity index is 793. The van der Waals surface area contributed by atoms with Gasteiger partial charge >= 0.3 is 6.03 Å². The molecule has 0 aliphatic rings. The van der Waals surface area contributed by atoms with Crippen molar-refractivity contribution in [3.8, 4) is 0 Å². The molecule has 1 aromatic heterocycles. The number of hydrogen-bond donors (Lipinski definition) is 4. The number of hydrogen-bond acceptors (Lipinski definition) is 4. The Labute approximate surface area is 168 Å². The summed E-state index contributed by atoms with van der Waals surface area (Å²) in [4.78, 5) is 36.1. The Hall–Kier alpha value is -3.36. The van der Waals surface area contributed by atoms with E-state index in [-0.39, 0.29) is 43.0 Å². The summed E-state index contributed by atoms with van der Waals surface area (Å²) in [6.07, 6.45) is 2.57. The summed E-state index contributed by atoms with van der Waals surface area (Å²) in [5, 5.41) is 10.6. The lowest BCUT2D eigenvalue weighted by Crippen LogP contribution is -2.50. The summed E-state index contributed by atoms with van der Waals surface area (Å²) in [6, 6.07) is 7.73. The van der Waals surface area contributed by atoms with Crippen LogP contribution in [0.4, 0.5) is 9.18 Å². The number of urea groups is 1. The zero-order valence-electron chi connectivity index (χ0n) is 16.2. The van der Waals surface area contributed by atoms with Crippen LogP contribution in [0.15, 0.2) is 47.1 Å². The molecule has 156 valence electrons. The highest BCUT2D eigenvalue weighted by molar-refractivity contribution is 5.91. The molecule has 1 aromatic carbocycles. The number of halogens is 1. The predicted molar refractivity (Wildman–Crippen MR) is 105 cm³/mol. The number of carbonyl (C=O) groups is 3. The summed E-state index contributed by atoms with van der Waals surface area (Å²) < 4.78 is 17.9. The van der Waals surface area contributed by atoms with E-state index in [2.05, 4.69) is 21.3 Å². The first kappa shape index (κ1) is 21.9. The van der Waals surface area contributed by atoms with Crippen LogP contribution in [0.5, 0.6) is 0 Å². The molecule has 1 atom stereocenters. The van der Waals surface area contributed by atoms with Crippen LogP contribution >= 0.6 is 0 Å². The minimum atomic E-state index is -0.700. The summed E-state index contributed by atoms with van der Waals surface area (Å²) >= 11 is 0. The molecule has 29 heavy (non-hydrogen) atoms. The minimum Gasteiger partial charge on any atom is -0.459 e. The van der Waals surface area contributed by atoms with E-state index in [9.17, 15) is 18.8 Å². The molecule has 0 aliphatic carbocycles. The molecule has 0 fully saturated rings. The molecule has 2 rings (SSSR count). The van der Waals surface area contributed by atoms with Gasteiger partial charge in [-0.15, -0.1) is 0 Å². The second kappa shape index (κ2) is 11.5. The molecule has 1 unspecified atom stereocenters. The van der Waals surface area contributed by atoms with Crippen molar-refractivity contribution in [2.45, 2.75) is 32.4 Å². The quantitative estimate of drug-likeness (QED) is 0.453. The average Bonchev–Trinajstić information content (AvgIpc) is 3.25. The van der Waals surface area contributed by atoms with Gasteiger partial charge in [0.1, 0.15) is 11.9 Å². The van der Waals surface area contributed by atoms with E-state index >= 15 is 0 Å². The van der Waals surface area contributed by atoms with Crippen molar-refractivity contribution >= 4 is 17.8 Å². The van der Waals surface area contributed by atoms with Gasteiger partial charge in [-0.05, 0) is 36.2 Å². The maximum atomic E-state index is 12.9. The van der Waals surface area contributed by atoms with Gasteiger partial charge in [0.2, 0.25) is 5.91 Å². The van der Waals surface area contributed by atoms with Gasteiger partial charge in [0.25, 0.3) is 5.91 Å². The van der Waals surface area contributed by atoms with E-state index in [0.29, 0.717) is 12.8 Å². The molecule has 8 nitrogen and oxygen atoms in total. The Balaban J connectivity index is 1.72. The second-order valence-corrected chi connectivity index (χ2v) is 6.32. The fraction of sp³-hybridized carbons (Fsp3) is 0.350. The van der Waals surface area contributed by atoms with Crippen molar-refractivity contribution in [1.29, 1.82) is 0 Å². The largest absolute Gasteiger partial charge is 0.459 e. The van der Waals surface area contributed by atoms with Gasteiger partial charge in [0.05, 0.1) is 6.26 Å². The van der Waals surface area contributed by atoms with Gasteiger partial charge in [-0.25, -0.2) is 9.18 Å². The van der Waals surface area contributed by atoms with Crippen molar-refractivity contribution in [1.82, 2.24) is 21.3 Å². The van der Waals surface area contributed by atoms with E-state index < -0.39 is 12.1 Å². The van der Waals surface area contributed by atoms with Gasteiger partial charge in [-0.2, -0.15) is 0 Å². The predicted octanol–water partition coefficient (Wildman–Crippen LogP) is 1.93. The Kier molecular flexibility index (Phi) is 8.68. The van der Waals surface area contributed by atoms with Gasteiger partial charge in [0.15, 0.2) is 5.76 Å². The van der Waals surface area contributed by atoms with Crippen LogP contribution in [-0.4, -0.2) is 37.0 Å². The van der Waals surface area contributed by atoms with Gasteiger partial charge in [-0.1, -0.05) is 25.5 Å². The van der Waals surface area contributed by atoms with Crippen molar-refractivity contribution in [2.75, 3.05) is 13.1 Å². The molecule has 4 amide bonds. The summed E-state index contributed by atoms with van der Waals surface area (Å²) in [5.74, 6) is -0.860. The number of furan rings is 1. The molecule has 0 saturated carbocycles. The van der Waals surface area contributed by atoms with E-state index in [1.54, 1.807) is 24.3 Å². The Morgan fingerprint density at radius 3 is 2.41 bits per heavy atom. The van der Waals surface area contributed by atoms with Gasteiger partial charge < -0.3 is 25.7 Å². The fourth-order valence-corrected chi connectivity index (χ4v) is 2.53. The highest BCUT2D eigenvalue weighted by Crippen LogP contribution is 2.02. The van der Waals surface area contributed by atoms with E-state index in [1.807, 2.05) is 6.92 Å². The zero-order valence-corrected chi connectivity index (χ0v) is 16.2. The summed E-state index contributed by atoms with van der Waals surface area (Å²) in [7, 11) is 0. The first-order chi connectivity index (χ1) is 14.0. The first-order valence-electron chi connectivity index (χ1n) is 9.37. The number of nitrogens with one attached hydrogen (secondary N) is 4. The van der Waals surface area contributed by atoms with Crippen LogP contribution < -0.4 is 21.3 Å². The lowest BCUT2D eigenvalue weighted by molar-refractivity contribution is -0.123. The van der Waals surface area contributed by atoms with Crippen LogP contribution in [0.3, 0.4) is 0 Å². The summed E-state index contributed by atoms with van der Waals surface area (Å²) in [6.45, 7) is 2.55. The highest BCUT2D eigenvalue weighted by Gasteiger charge is 2.19. The molecule has 4 N–H and O–H groups in total. The topological polar surface area (TPSA) is 112 Å². The molecular weight excluding hydrogens is 379 g/mol. The third-order valence-electron chi connectivity index (χ3n) is 4.02. The molecule has 0 aliphatic heterocycles. The van der Waals surface area contributed by atoms with Crippen LogP contribution in [0.25, 0.3) is 0 Å². The normalized spacial score (nSPS) is 11.4. The minimum absolute atomic E-state index is 0.194. The van der Waals surface area contributed by atoms with Crippen LogP contribution in [-0.2, 0) is 11.3 Å². The fourth-order valence-electron chi connectivity index (χ4n) is 2.53. The third-order valence-corrected chi connectivity index (χ3v) is 4.02. The number of benzene rings is 1. The molecule has 0 bridgehead atoms. The van der Waals surface area contributed by atoms with Crippen molar-refractivity contribution in [3.63, 3.8) is 0 Å². The molecule has 0 spiro atoms. The average molecular weight is 404 g/mol. The number of rotatable bonds is 10. The monoisotopic (exact) mass is 404 g/mol. The standard InChI is InChI=1S/C20H25FN4O4/c1-2-4-16(25-20(28)24-13-14-6-8-15(21)9-7-14)18(26)22-10-11-23-19(27)17-5-3-12-29-17/h3,5-9,12,16H,2,4,10-11,13H2,1H3,(H,22,26)(H,23,27)(H2,24,25,28). The third kappa shape index (κ3) is 7.65. The van der Waals surface area contributed by atoms with Crippen LogP contribution in [0.1, 0.15) is 35.9 Å². The SMILES string of the molecule is CCCC(NC(=O)NCc1ccc(F)cc1)C(=O)NCCNC(=O)c1ccco1. The number of amides is 4.